The number of rotatable bonds is 9. The fourth-order valence-corrected chi connectivity index (χ4v) is 3.08. The highest BCUT2D eigenvalue weighted by molar-refractivity contribution is 5.57. The third-order valence-electron chi connectivity index (χ3n) is 4.95. The number of aliphatic hydroxyl groups is 1. The molecule has 4 heteroatoms. The number of aryl methyl sites for hydroxylation is 2. The van der Waals surface area contributed by atoms with Crippen LogP contribution in [-0.2, 0) is 11.2 Å². The molecule has 1 aromatic heterocycles. The van der Waals surface area contributed by atoms with E-state index < -0.39 is 6.29 Å². The van der Waals surface area contributed by atoms with Crippen molar-refractivity contribution in [3.8, 4) is 0 Å². The number of unbranched alkanes of at least 4 members (excludes halogenated alkanes) is 2. The zero-order valence-corrected chi connectivity index (χ0v) is 16.9. The lowest BCUT2D eigenvalue weighted by Gasteiger charge is -2.12. The van der Waals surface area contributed by atoms with E-state index in [-0.39, 0.29) is 5.92 Å². The first kappa shape index (κ1) is 21.1. The van der Waals surface area contributed by atoms with Gasteiger partial charge in [0.15, 0.2) is 6.29 Å². The smallest absolute Gasteiger partial charge is 0.180 e. The van der Waals surface area contributed by atoms with Crippen LogP contribution in [0.1, 0.15) is 73.3 Å². The van der Waals surface area contributed by atoms with E-state index >= 15 is 0 Å². The summed E-state index contributed by atoms with van der Waals surface area (Å²) in [6, 6.07) is 10.0. The number of aliphatic hydroxyl groups excluding tert-OH is 1. The van der Waals surface area contributed by atoms with E-state index in [1.54, 1.807) is 0 Å². The minimum absolute atomic E-state index is 0.249. The van der Waals surface area contributed by atoms with E-state index in [1.807, 2.05) is 31.2 Å². The van der Waals surface area contributed by atoms with Crippen molar-refractivity contribution >= 4 is 11.9 Å². The molecular weight excluding hydrogens is 336 g/mol. The van der Waals surface area contributed by atoms with Gasteiger partial charge in [0, 0.05) is 18.4 Å². The summed E-state index contributed by atoms with van der Waals surface area (Å²) in [5, 5.41) is 9.71. The summed E-state index contributed by atoms with van der Waals surface area (Å²) in [5.74, 6) is 0.903. The molecule has 3 N–H and O–H groups in total. The number of anilines is 1. The second kappa shape index (κ2) is 10.2. The number of methoxy groups -OCH3 is 1. The van der Waals surface area contributed by atoms with Crippen LogP contribution in [0.5, 0.6) is 0 Å². The van der Waals surface area contributed by atoms with E-state index in [0.29, 0.717) is 5.82 Å². The normalized spacial score (nSPS) is 13.8. The van der Waals surface area contributed by atoms with Crippen molar-refractivity contribution in [3.05, 3.63) is 64.4 Å². The molecule has 2 rings (SSSR count). The van der Waals surface area contributed by atoms with Crippen LogP contribution in [-0.4, -0.2) is 17.2 Å². The molecule has 0 fully saturated rings. The summed E-state index contributed by atoms with van der Waals surface area (Å²) in [7, 11) is 1.49. The van der Waals surface area contributed by atoms with Crippen molar-refractivity contribution < 1.29 is 9.84 Å². The highest BCUT2D eigenvalue weighted by Gasteiger charge is 2.08. The molecule has 0 aliphatic rings. The zero-order valence-electron chi connectivity index (χ0n) is 16.9. The molecule has 1 aromatic carbocycles. The maximum absolute atomic E-state index is 9.71. The largest absolute Gasteiger partial charge is 0.383 e. The van der Waals surface area contributed by atoms with E-state index in [9.17, 15) is 5.11 Å². The molecule has 0 amide bonds. The van der Waals surface area contributed by atoms with Gasteiger partial charge in [-0.25, -0.2) is 4.98 Å². The zero-order chi connectivity index (χ0) is 19.8. The summed E-state index contributed by atoms with van der Waals surface area (Å²) in [5.41, 5.74) is 11.3. The number of hydrogen-bond acceptors (Lipinski definition) is 4. The number of benzene rings is 1. The molecular formula is C23H32N2O2. The van der Waals surface area contributed by atoms with E-state index in [2.05, 4.69) is 37.0 Å². The third-order valence-corrected chi connectivity index (χ3v) is 4.95. The van der Waals surface area contributed by atoms with Gasteiger partial charge in [-0.1, -0.05) is 63.1 Å². The molecule has 0 aliphatic carbocycles. The van der Waals surface area contributed by atoms with E-state index in [0.717, 1.165) is 35.2 Å². The van der Waals surface area contributed by atoms with Crippen molar-refractivity contribution in [2.75, 3.05) is 12.8 Å². The fraction of sp³-hybridized carbons (Fsp3) is 0.435. The van der Waals surface area contributed by atoms with Crippen molar-refractivity contribution in [2.24, 2.45) is 0 Å². The highest BCUT2D eigenvalue weighted by atomic mass is 16.6. The van der Waals surface area contributed by atoms with Crippen molar-refractivity contribution in [1.29, 1.82) is 0 Å². The summed E-state index contributed by atoms with van der Waals surface area (Å²) in [4.78, 5) is 4.53. The summed E-state index contributed by atoms with van der Waals surface area (Å²) >= 11 is 0. The predicted octanol–water partition coefficient (Wildman–Crippen LogP) is 5.16. The summed E-state index contributed by atoms with van der Waals surface area (Å²) < 4.78 is 4.94. The van der Waals surface area contributed by atoms with Crippen LogP contribution in [0.4, 0.5) is 5.82 Å². The van der Waals surface area contributed by atoms with E-state index in [1.165, 1.54) is 25.5 Å². The van der Waals surface area contributed by atoms with Gasteiger partial charge in [-0.2, -0.15) is 0 Å². The van der Waals surface area contributed by atoms with Crippen LogP contribution < -0.4 is 5.73 Å². The quantitative estimate of drug-likeness (QED) is 0.474. The maximum atomic E-state index is 9.71. The number of allylic oxidation sites excluding steroid dienone is 1. The van der Waals surface area contributed by atoms with Crippen molar-refractivity contribution in [3.63, 3.8) is 0 Å². The van der Waals surface area contributed by atoms with Crippen molar-refractivity contribution in [1.82, 2.24) is 4.98 Å². The SMILES string of the molecule is CCCCCc1cc(/C=C/C(C)c2ccc(C(O)OC)cc2)c(C)nc1N. The predicted molar refractivity (Wildman–Crippen MR) is 112 cm³/mol. The van der Waals surface area contributed by atoms with Crippen LogP contribution in [0, 0.1) is 6.92 Å². The van der Waals surface area contributed by atoms with Gasteiger partial charge in [0.25, 0.3) is 0 Å². The second-order valence-corrected chi connectivity index (χ2v) is 7.07. The first-order chi connectivity index (χ1) is 13.0. The van der Waals surface area contributed by atoms with Gasteiger partial charge in [-0.3, -0.25) is 0 Å². The minimum Gasteiger partial charge on any atom is -0.383 e. The molecule has 0 aliphatic heterocycles. The Kier molecular flexibility index (Phi) is 8.01. The molecule has 2 unspecified atom stereocenters. The number of pyridine rings is 1. The number of ether oxygens (including phenoxy) is 1. The first-order valence-electron chi connectivity index (χ1n) is 9.71. The van der Waals surface area contributed by atoms with Crippen LogP contribution in [0.25, 0.3) is 6.08 Å². The molecule has 1 heterocycles. The topological polar surface area (TPSA) is 68.4 Å². The average Bonchev–Trinajstić information content (AvgIpc) is 2.68. The van der Waals surface area contributed by atoms with Gasteiger partial charge in [0.1, 0.15) is 5.82 Å². The van der Waals surface area contributed by atoms with Gasteiger partial charge in [-0.05, 0) is 48.4 Å². The molecule has 0 saturated heterocycles. The number of nitrogen functional groups attached to an aromatic ring is 1. The number of hydrogen-bond donors (Lipinski definition) is 2. The van der Waals surface area contributed by atoms with Gasteiger partial charge in [0.05, 0.1) is 0 Å². The van der Waals surface area contributed by atoms with Crippen LogP contribution in [0.15, 0.2) is 36.4 Å². The number of aromatic nitrogens is 1. The Hall–Kier alpha value is -2.17. The van der Waals surface area contributed by atoms with Crippen LogP contribution in [0.3, 0.4) is 0 Å². The molecule has 0 spiro atoms. The van der Waals surface area contributed by atoms with Gasteiger partial charge in [0.2, 0.25) is 0 Å². The Labute approximate surface area is 163 Å². The lowest BCUT2D eigenvalue weighted by molar-refractivity contribution is -0.0769. The van der Waals surface area contributed by atoms with Crippen molar-refractivity contribution in [2.45, 2.75) is 58.7 Å². The number of nitrogens with two attached hydrogens (primary N) is 1. The molecule has 0 radical (unpaired) electrons. The molecule has 27 heavy (non-hydrogen) atoms. The van der Waals surface area contributed by atoms with Crippen LogP contribution in [0.2, 0.25) is 0 Å². The average molecular weight is 369 g/mol. The van der Waals surface area contributed by atoms with Gasteiger partial charge < -0.3 is 15.6 Å². The Balaban J connectivity index is 2.12. The molecule has 0 bridgehead atoms. The van der Waals surface area contributed by atoms with E-state index in [4.69, 9.17) is 10.5 Å². The highest BCUT2D eigenvalue weighted by Crippen LogP contribution is 2.23. The summed E-state index contributed by atoms with van der Waals surface area (Å²) in [6.45, 7) is 6.35. The van der Waals surface area contributed by atoms with Gasteiger partial charge in [-0.15, -0.1) is 0 Å². The Bertz CT molecular complexity index is 754. The molecule has 4 nitrogen and oxygen atoms in total. The Morgan fingerprint density at radius 2 is 1.85 bits per heavy atom. The monoisotopic (exact) mass is 368 g/mol. The minimum atomic E-state index is -0.875. The molecule has 2 aromatic rings. The lowest BCUT2D eigenvalue weighted by Crippen LogP contribution is -2.02. The Morgan fingerprint density at radius 3 is 2.48 bits per heavy atom. The second-order valence-electron chi connectivity index (χ2n) is 7.07. The fourth-order valence-electron chi connectivity index (χ4n) is 3.08. The maximum Gasteiger partial charge on any atom is 0.180 e. The van der Waals surface area contributed by atoms with Gasteiger partial charge >= 0.3 is 0 Å². The molecule has 2 atom stereocenters. The first-order valence-corrected chi connectivity index (χ1v) is 9.71. The lowest BCUT2D eigenvalue weighted by atomic mass is 9.97. The standard InChI is InChI=1S/C23H32N2O2/c1-5-6-7-8-21-15-20(17(3)25-22(21)24)10-9-16(2)18-11-13-19(14-12-18)23(26)27-4/h9-16,23,26H,5-8H2,1-4H3,(H2,24,25)/b10-9+. The number of nitrogens with zero attached hydrogens (tertiary/aromatic N) is 1. The molecule has 146 valence electrons. The van der Waals surface area contributed by atoms with Crippen LogP contribution >= 0.6 is 0 Å². The molecule has 0 saturated carbocycles. The third kappa shape index (κ3) is 5.91. The Morgan fingerprint density at radius 1 is 1.19 bits per heavy atom. The summed E-state index contributed by atoms with van der Waals surface area (Å²) in [6.07, 6.45) is 7.97.